The third-order valence-corrected chi connectivity index (χ3v) is 6.46. The highest BCUT2D eigenvalue weighted by Gasteiger charge is 2.51. The van der Waals surface area contributed by atoms with Crippen LogP contribution >= 0.6 is 11.3 Å². The highest BCUT2D eigenvalue weighted by molar-refractivity contribution is 7.10. The van der Waals surface area contributed by atoms with E-state index in [1.807, 2.05) is 11.3 Å². The molecule has 0 atom stereocenters. The van der Waals surface area contributed by atoms with Crippen molar-refractivity contribution in [3.05, 3.63) is 21.9 Å². The fraction of sp³-hybridized carbons (Fsp3) is 0.733. The molecule has 0 amide bonds. The van der Waals surface area contributed by atoms with Gasteiger partial charge in [-0.25, -0.2) is 0 Å². The van der Waals surface area contributed by atoms with E-state index in [9.17, 15) is 0 Å². The summed E-state index contributed by atoms with van der Waals surface area (Å²) in [5, 5.41) is 2.41. The summed E-state index contributed by atoms with van der Waals surface area (Å²) < 4.78 is 0. The van der Waals surface area contributed by atoms with E-state index in [1.165, 1.54) is 43.4 Å². The van der Waals surface area contributed by atoms with Gasteiger partial charge in [0.15, 0.2) is 0 Å². The summed E-state index contributed by atoms with van der Waals surface area (Å²) in [7, 11) is 0. The average molecular weight is 247 g/mol. The number of thiophene rings is 1. The highest BCUT2D eigenvalue weighted by atomic mass is 32.1. The van der Waals surface area contributed by atoms with E-state index in [2.05, 4.69) is 11.4 Å². The fourth-order valence-electron chi connectivity index (χ4n) is 5.23. The lowest BCUT2D eigenvalue weighted by atomic mass is 9.48. The molecule has 4 aliphatic carbocycles. The first kappa shape index (κ1) is 10.6. The van der Waals surface area contributed by atoms with E-state index in [4.69, 9.17) is 5.73 Å². The predicted octanol–water partition coefficient (Wildman–Crippen LogP) is 3.67. The number of hydrogen-bond donors (Lipinski definition) is 1. The van der Waals surface area contributed by atoms with Crippen molar-refractivity contribution in [2.45, 2.75) is 50.5 Å². The van der Waals surface area contributed by atoms with Crippen molar-refractivity contribution in [1.29, 1.82) is 0 Å². The summed E-state index contributed by atoms with van der Waals surface area (Å²) in [5.41, 5.74) is 7.97. The molecule has 0 aliphatic heterocycles. The number of rotatable bonds is 2. The Bertz CT molecular complexity index is 399. The average Bonchev–Trinajstić information content (AvgIpc) is 2.76. The molecule has 2 heteroatoms. The van der Waals surface area contributed by atoms with Crippen LogP contribution in [0.2, 0.25) is 0 Å². The molecule has 4 aliphatic rings. The molecule has 5 rings (SSSR count). The standard InChI is InChI=1S/C15H21NS/c16-8-14-4-13(9-17-14)15-5-10-1-11(6-15)3-12(2-10)7-15/h4,9-12H,1-3,5-8,16H2. The maximum absolute atomic E-state index is 5.77. The maximum Gasteiger partial charge on any atom is 0.0273 e. The molecule has 0 unspecified atom stereocenters. The first-order chi connectivity index (χ1) is 8.27. The quantitative estimate of drug-likeness (QED) is 0.847. The van der Waals surface area contributed by atoms with Gasteiger partial charge in [0.1, 0.15) is 0 Å². The topological polar surface area (TPSA) is 26.0 Å². The van der Waals surface area contributed by atoms with Gasteiger partial charge in [-0.3, -0.25) is 0 Å². The Hall–Kier alpha value is -0.340. The van der Waals surface area contributed by atoms with E-state index >= 15 is 0 Å². The van der Waals surface area contributed by atoms with Crippen LogP contribution in [-0.4, -0.2) is 0 Å². The first-order valence-electron chi connectivity index (χ1n) is 7.05. The Kier molecular flexibility index (Phi) is 2.23. The third kappa shape index (κ3) is 1.53. The molecule has 1 heterocycles. The van der Waals surface area contributed by atoms with Gasteiger partial charge in [-0.1, -0.05) is 0 Å². The zero-order valence-corrected chi connectivity index (χ0v) is 11.1. The van der Waals surface area contributed by atoms with Crippen molar-refractivity contribution in [2.75, 3.05) is 0 Å². The molecule has 1 aromatic heterocycles. The van der Waals surface area contributed by atoms with Gasteiger partial charge in [0.05, 0.1) is 0 Å². The van der Waals surface area contributed by atoms with Gasteiger partial charge in [-0.15, -0.1) is 11.3 Å². The van der Waals surface area contributed by atoms with Crippen molar-refractivity contribution in [1.82, 2.24) is 0 Å². The molecule has 4 fully saturated rings. The number of hydrogen-bond acceptors (Lipinski definition) is 2. The van der Waals surface area contributed by atoms with Crippen molar-refractivity contribution in [3.8, 4) is 0 Å². The largest absolute Gasteiger partial charge is 0.326 e. The van der Waals surface area contributed by atoms with Crippen molar-refractivity contribution < 1.29 is 0 Å². The Morgan fingerprint density at radius 2 is 1.71 bits per heavy atom. The zero-order valence-electron chi connectivity index (χ0n) is 10.3. The molecule has 2 N–H and O–H groups in total. The van der Waals surface area contributed by atoms with Gasteiger partial charge in [-0.05, 0) is 78.7 Å². The van der Waals surface area contributed by atoms with Crippen LogP contribution in [0.25, 0.3) is 0 Å². The van der Waals surface area contributed by atoms with Crippen LogP contribution in [0, 0.1) is 17.8 Å². The Balaban J connectivity index is 1.72. The molecule has 92 valence electrons. The predicted molar refractivity (Wildman–Crippen MR) is 72.1 cm³/mol. The molecule has 0 saturated heterocycles. The van der Waals surface area contributed by atoms with Crippen molar-refractivity contribution in [3.63, 3.8) is 0 Å². The molecule has 1 nitrogen and oxygen atoms in total. The van der Waals surface area contributed by atoms with Gasteiger partial charge < -0.3 is 5.73 Å². The smallest absolute Gasteiger partial charge is 0.0273 e. The second-order valence-electron chi connectivity index (χ2n) is 6.70. The summed E-state index contributed by atoms with van der Waals surface area (Å²) in [6.45, 7) is 0.719. The van der Waals surface area contributed by atoms with Gasteiger partial charge in [0, 0.05) is 11.4 Å². The summed E-state index contributed by atoms with van der Waals surface area (Å²) in [6.07, 6.45) is 9.02. The summed E-state index contributed by atoms with van der Waals surface area (Å²) in [5.74, 6) is 3.13. The lowest BCUT2D eigenvalue weighted by Crippen LogP contribution is -2.48. The molecular weight excluding hydrogens is 226 g/mol. The van der Waals surface area contributed by atoms with E-state index in [0.29, 0.717) is 5.41 Å². The Labute approximate surface area is 107 Å². The van der Waals surface area contributed by atoms with E-state index in [1.54, 1.807) is 5.56 Å². The lowest BCUT2D eigenvalue weighted by molar-refractivity contribution is -0.00501. The van der Waals surface area contributed by atoms with E-state index < -0.39 is 0 Å². The Morgan fingerprint density at radius 3 is 2.18 bits per heavy atom. The first-order valence-corrected chi connectivity index (χ1v) is 7.93. The minimum Gasteiger partial charge on any atom is -0.326 e. The van der Waals surface area contributed by atoms with Crippen LogP contribution in [0.4, 0.5) is 0 Å². The molecule has 0 aromatic carbocycles. The molecule has 0 radical (unpaired) electrons. The molecule has 4 bridgehead atoms. The van der Waals surface area contributed by atoms with Crippen LogP contribution < -0.4 is 5.73 Å². The van der Waals surface area contributed by atoms with Crippen molar-refractivity contribution in [2.24, 2.45) is 23.5 Å². The SMILES string of the molecule is NCc1cc(C23CC4CC(CC(C4)C2)C3)cs1. The van der Waals surface area contributed by atoms with Crippen molar-refractivity contribution >= 4 is 11.3 Å². The molecule has 4 saturated carbocycles. The van der Waals surface area contributed by atoms with Gasteiger partial charge >= 0.3 is 0 Å². The fourth-order valence-corrected chi connectivity index (χ4v) is 6.12. The van der Waals surface area contributed by atoms with E-state index in [0.717, 1.165) is 24.3 Å². The second-order valence-corrected chi connectivity index (χ2v) is 7.70. The van der Waals surface area contributed by atoms with Crippen LogP contribution in [0.3, 0.4) is 0 Å². The molecule has 0 spiro atoms. The van der Waals surface area contributed by atoms with E-state index in [-0.39, 0.29) is 0 Å². The van der Waals surface area contributed by atoms with Crippen LogP contribution in [0.5, 0.6) is 0 Å². The minimum absolute atomic E-state index is 0.568. The van der Waals surface area contributed by atoms with Crippen LogP contribution in [0.15, 0.2) is 11.4 Å². The van der Waals surface area contributed by atoms with Gasteiger partial charge in [0.2, 0.25) is 0 Å². The van der Waals surface area contributed by atoms with Gasteiger partial charge in [0.25, 0.3) is 0 Å². The third-order valence-electron chi connectivity index (χ3n) is 5.51. The highest BCUT2D eigenvalue weighted by Crippen LogP contribution is 2.61. The Morgan fingerprint density at radius 1 is 1.12 bits per heavy atom. The summed E-state index contributed by atoms with van der Waals surface area (Å²) >= 11 is 1.87. The summed E-state index contributed by atoms with van der Waals surface area (Å²) in [4.78, 5) is 1.37. The normalized spacial score (nSPS) is 43.2. The maximum atomic E-state index is 5.77. The molecule has 17 heavy (non-hydrogen) atoms. The molecular formula is C15H21NS. The molecule has 1 aromatic rings. The minimum atomic E-state index is 0.568. The lowest BCUT2D eigenvalue weighted by Gasteiger charge is -2.56. The van der Waals surface area contributed by atoms with Crippen LogP contribution in [-0.2, 0) is 12.0 Å². The summed E-state index contributed by atoms with van der Waals surface area (Å²) in [6, 6.07) is 2.41. The number of nitrogens with two attached hydrogens (primary N) is 1. The van der Waals surface area contributed by atoms with Gasteiger partial charge in [-0.2, -0.15) is 0 Å². The zero-order chi connectivity index (χ0) is 11.5. The second kappa shape index (κ2) is 3.58. The monoisotopic (exact) mass is 247 g/mol. The van der Waals surface area contributed by atoms with Crippen LogP contribution in [0.1, 0.15) is 49.0 Å².